The van der Waals surface area contributed by atoms with Crippen molar-refractivity contribution in [3.05, 3.63) is 84.4 Å². The fraction of sp³-hybridized carbons (Fsp3) is 0.148. The molecule has 4 aromatic carbocycles. The molecule has 1 aliphatic rings. The first-order valence-corrected chi connectivity index (χ1v) is 11.6. The lowest BCUT2D eigenvalue weighted by atomic mass is 9.98. The fourth-order valence-corrected chi connectivity index (χ4v) is 6.60. The van der Waals surface area contributed by atoms with Gasteiger partial charge >= 0.3 is 5.97 Å². The minimum Gasteiger partial charge on any atom is -0.491 e. The predicted molar refractivity (Wildman–Crippen MR) is 126 cm³/mol. The number of esters is 1. The molecule has 0 aliphatic carbocycles. The third kappa shape index (κ3) is 3.30. The van der Waals surface area contributed by atoms with Crippen molar-refractivity contribution in [3.63, 3.8) is 0 Å². The van der Waals surface area contributed by atoms with Crippen molar-refractivity contribution in [2.75, 3.05) is 14.2 Å². The Balaban J connectivity index is 1.76. The van der Waals surface area contributed by atoms with Gasteiger partial charge < -0.3 is 14.2 Å². The monoisotopic (exact) mass is 443 g/mol. The van der Waals surface area contributed by atoms with E-state index < -0.39 is 10.9 Å². The summed E-state index contributed by atoms with van der Waals surface area (Å²) in [4.78, 5) is 15.5. The number of carbonyl (C=O) groups is 1. The Morgan fingerprint density at radius 2 is 1.53 bits per heavy atom. The van der Waals surface area contributed by atoms with Crippen LogP contribution in [-0.2, 0) is 20.4 Å². The van der Waals surface area contributed by atoms with E-state index >= 15 is 0 Å². The summed E-state index contributed by atoms with van der Waals surface area (Å²) in [6, 6.07) is 26.6. The molecule has 0 bridgehead atoms. The van der Waals surface area contributed by atoms with Gasteiger partial charge in [-0.3, -0.25) is 4.79 Å². The number of rotatable bonds is 4. The summed E-state index contributed by atoms with van der Waals surface area (Å²) in [5.74, 6) is 1.99. The van der Waals surface area contributed by atoms with E-state index in [1.165, 1.54) is 7.11 Å². The molecule has 0 saturated heterocycles. The lowest BCUT2D eigenvalue weighted by Gasteiger charge is -2.21. The molecule has 4 aromatic rings. The topological polar surface area (TPSA) is 44.8 Å². The number of hydrogen-bond donors (Lipinski definition) is 0. The van der Waals surface area contributed by atoms with Gasteiger partial charge in [-0.15, -0.1) is 0 Å². The zero-order valence-corrected chi connectivity index (χ0v) is 18.9. The average molecular weight is 444 g/mol. The normalized spacial score (nSPS) is 13.6. The van der Waals surface area contributed by atoms with Crippen LogP contribution in [0.15, 0.2) is 93.5 Å². The summed E-state index contributed by atoms with van der Waals surface area (Å²) in [6.45, 7) is 1.87. The molecule has 0 spiro atoms. The maximum absolute atomic E-state index is 12.1. The molecule has 0 saturated carbocycles. The van der Waals surface area contributed by atoms with Crippen LogP contribution in [0.5, 0.6) is 17.2 Å². The minimum absolute atomic E-state index is 0.243. The lowest BCUT2D eigenvalue weighted by molar-refractivity contribution is -0.141. The highest BCUT2D eigenvalue weighted by molar-refractivity contribution is 7.97. The summed E-state index contributed by atoms with van der Waals surface area (Å²) < 4.78 is 17.0. The van der Waals surface area contributed by atoms with Crippen LogP contribution in [0.3, 0.4) is 0 Å². The van der Waals surface area contributed by atoms with Gasteiger partial charge in [0.25, 0.3) is 0 Å². The summed E-state index contributed by atoms with van der Waals surface area (Å²) in [7, 11) is 2.72. The number of carbonyl (C=O) groups excluding carboxylic acids is 1. The van der Waals surface area contributed by atoms with Crippen LogP contribution in [0.25, 0.3) is 10.8 Å². The summed E-state index contributed by atoms with van der Waals surface area (Å²) in [5.41, 5.74) is 0.927. The van der Waals surface area contributed by atoms with Crippen LogP contribution in [0.2, 0.25) is 0 Å². The number of fused-ring (bicyclic) bond motifs is 3. The van der Waals surface area contributed by atoms with E-state index in [0.717, 1.165) is 48.3 Å². The highest BCUT2D eigenvalue weighted by Gasteiger charge is 2.42. The minimum atomic E-state index is -0.413. The highest BCUT2D eigenvalue weighted by Crippen LogP contribution is 2.50. The fourth-order valence-electron chi connectivity index (χ4n) is 4.12. The van der Waals surface area contributed by atoms with Crippen LogP contribution >= 0.6 is 0 Å². The van der Waals surface area contributed by atoms with Gasteiger partial charge in [-0.1, -0.05) is 42.5 Å². The standard InChI is InChI=1S/C27H23O4S/c1-17(27(28)30-3)18-12-14-20-19(16-18)13-15-23(29-2)26(20)32-24-10-6-4-8-21(24)31-22-9-5-7-11-25(22)32/h4-17H,1-3H3/q+1. The SMILES string of the molecule is COC(=O)C(C)c1ccc2c([S+]3c4ccccc4Oc4ccccc43)c(OC)ccc2c1. The van der Waals surface area contributed by atoms with Crippen LogP contribution in [0.4, 0.5) is 0 Å². The highest BCUT2D eigenvalue weighted by atomic mass is 32.2. The third-order valence-corrected chi connectivity index (χ3v) is 8.18. The molecule has 0 fully saturated rings. The Morgan fingerprint density at radius 1 is 0.875 bits per heavy atom. The first kappa shape index (κ1) is 20.5. The Hall–Kier alpha value is -3.44. The molecule has 1 aliphatic heterocycles. The zero-order chi connectivity index (χ0) is 22.2. The van der Waals surface area contributed by atoms with Crippen LogP contribution in [0, 0.1) is 0 Å². The Bertz CT molecular complexity index is 1290. The van der Waals surface area contributed by atoms with Crippen molar-refractivity contribution >= 4 is 27.6 Å². The average Bonchev–Trinajstić information content (AvgIpc) is 2.85. The molecular formula is C27H23O4S+. The van der Waals surface area contributed by atoms with Gasteiger partial charge in [0.2, 0.25) is 14.7 Å². The van der Waals surface area contributed by atoms with E-state index in [9.17, 15) is 4.79 Å². The van der Waals surface area contributed by atoms with E-state index in [-0.39, 0.29) is 11.9 Å². The van der Waals surface area contributed by atoms with E-state index in [1.807, 2.05) is 61.5 Å². The number of para-hydroxylation sites is 2. The van der Waals surface area contributed by atoms with Crippen LogP contribution in [-0.4, -0.2) is 20.2 Å². The molecule has 0 N–H and O–H groups in total. The predicted octanol–water partition coefficient (Wildman–Crippen LogP) is 6.33. The van der Waals surface area contributed by atoms with Crippen molar-refractivity contribution in [2.24, 2.45) is 0 Å². The van der Waals surface area contributed by atoms with Gasteiger partial charge in [-0.05, 0) is 54.3 Å². The number of ether oxygens (including phenoxy) is 3. The quantitative estimate of drug-likeness (QED) is 0.241. The molecule has 5 rings (SSSR count). The molecule has 0 aromatic heterocycles. The largest absolute Gasteiger partial charge is 0.491 e. The second kappa shape index (κ2) is 8.24. The smallest absolute Gasteiger partial charge is 0.312 e. The van der Waals surface area contributed by atoms with Crippen molar-refractivity contribution in [2.45, 2.75) is 27.5 Å². The summed E-state index contributed by atoms with van der Waals surface area (Å²) in [5, 5.41) is 2.16. The van der Waals surface area contributed by atoms with Gasteiger partial charge in [0.15, 0.2) is 17.2 Å². The van der Waals surface area contributed by atoms with Crippen molar-refractivity contribution in [1.29, 1.82) is 0 Å². The first-order valence-electron chi connectivity index (χ1n) is 10.4. The van der Waals surface area contributed by atoms with Crippen LogP contribution < -0.4 is 9.47 Å². The van der Waals surface area contributed by atoms with Gasteiger partial charge in [-0.2, -0.15) is 0 Å². The summed E-state index contributed by atoms with van der Waals surface area (Å²) >= 11 is 0. The van der Waals surface area contributed by atoms with Crippen molar-refractivity contribution < 1.29 is 19.0 Å². The molecule has 0 amide bonds. The van der Waals surface area contributed by atoms with Gasteiger partial charge in [0.1, 0.15) is 10.9 Å². The number of benzene rings is 4. The molecule has 1 heterocycles. The molecule has 5 heteroatoms. The Labute approximate surface area is 190 Å². The first-order chi connectivity index (χ1) is 15.6. The maximum atomic E-state index is 12.1. The van der Waals surface area contributed by atoms with Gasteiger partial charge in [0.05, 0.1) is 20.1 Å². The molecular weight excluding hydrogens is 420 g/mol. The third-order valence-electron chi connectivity index (χ3n) is 5.80. The van der Waals surface area contributed by atoms with Gasteiger partial charge in [0, 0.05) is 5.39 Å². The molecule has 4 nitrogen and oxygen atoms in total. The second-order valence-electron chi connectivity index (χ2n) is 7.62. The van der Waals surface area contributed by atoms with E-state index in [2.05, 4.69) is 24.3 Å². The van der Waals surface area contributed by atoms with Gasteiger partial charge in [-0.25, -0.2) is 0 Å². The van der Waals surface area contributed by atoms with E-state index in [1.54, 1.807) is 7.11 Å². The Morgan fingerprint density at radius 3 is 2.16 bits per heavy atom. The molecule has 32 heavy (non-hydrogen) atoms. The molecule has 160 valence electrons. The van der Waals surface area contributed by atoms with Crippen LogP contribution in [0.1, 0.15) is 18.4 Å². The van der Waals surface area contributed by atoms with E-state index in [4.69, 9.17) is 14.2 Å². The molecule has 1 unspecified atom stereocenters. The van der Waals surface area contributed by atoms with E-state index in [0.29, 0.717) is 0 Å². The molecule has 0 radical (unpaired) electrons. The van der Waals surface area contributed by atoms with Crippen molar-refractivity contribution in [3.8, 4) is 17.2 Å². The number of methoxy groups -OCH3 is 2. The Kier molecular flexibility index (Phi) is 5.27. The molecule has 1 atom stereocenters. The second-order valence-corrected chi connectivity index (χ2v) is 9.52. The summed E-state index contributed by atoms with van der Waals surface area (Å²) in [6.07, 6.45) is 0. The number of hydrogen-bond acceptors (Lipinski definition) is 4. The lowest BCUT2D eigenvalue weighted by Crippen LogP contribution is -2.14. The zero-order valence-electron chi connectivity index (χ0n) is 18.1. The van der Waals surface area contributed by atoms with Crippen molar-refractivity contribution in [1.82, 2.24) is 0 Å². The maximum Gasteiger partial charge on any atom is 0.312 e.